The predicted octanol–water partition coefficient (Wildman–Crippen LogP) is 5.14. The Bertz CT molecular complexity index is 273. The van der Waals surface area contributed by atoms with E-state index in [2.05, 4.69) is 73.8 Å². The number of hydrogen-bond acceptors (Lipinski definition) is 0. The Morgan fingerprint density at radius 2 is 2.00 bits per heavy atom. The third-order valence-electron chi connectivity index (χ3n) is 1.52. The van der Waals surface area contributed by atoms with Crippen molar-refractivity contribution in [3.05, 3.63) is 34.3 Å². The van der Waals surface area contributed by atoms with Gasteiger partial charge in [0.1, 0.15) is 0 Å². The molecule has 0 saturated carbocycles. The minimum absolute atomic E-state index is 0.503. The van der Waals surface area contributed by atoms with Crippen molar-refractivity contribution in [3.8, 4) is 0 Å². The van der Waals surface area contributed by atoms with E-state index in [9.17, 15) is 0 Å². The molecule has 0 nitrogen and oxygen atoms in total. The summed E-state index contributed by atoms with van der Waals surface area (Å²) in [4.78, 5) is 0. The van der Waals surface area contributed by atoms with Crippen molar-refractivity contribution in [2.75, 3.05) is 0 Å². The molecule has 0 fully saturated rings. The van der Waals surface area contributed by atoms with Crippen LogP contribution in [0.3, 0.4) is 0 Å². The van der Waals surface area contributed by atoms with Crippen molar-refractivity contribution < 1.29 is 0 Å². The summed E-state index contributed by atoms with van der Waals surface area (Å²) in [7, 11) is 0. The molecule has 0 saturated heterocycles. The van der Waals surface area contributed by atoms with Gasteiger partial charge in [0.15, 0.2) is 0 Å². The zero-order valence-corrected chi connectivity index (χ0v) is 13.3. The van der Waals surface area contributed by atoms with Crippen LogP contribution in [0.15, 0.2) is 18.2 Å². The maximum Gasteiger partial charge on any atom is 0.0878 e. The minimum atomic E-state index is 0.503. The molecule has 0 aliphatic rings. The molecule has 0 aromatic heterocycles. The van der Waals surface area contributed by atoms with Gasteiger partial charge >= 0.3 is 0 Å². The molecule has 0 N–H and O–H groups in total. The molecule has 0 amide bonds. The number of benzene rings is 1. The lowest BCUT2D eigenvalue weighted by atomic mass is 10.1. The predicted molar refractivity (Wildman–Crippen MR) is 80.0 cm³/mol. The van der Waals surface area contributed by atoms with E-state index in [0.717, 1.165) is 9.45 Å². The molecule has 0 bridgehead atoms. The molecular weight excluding hydrogens is 512 g/mol. The summed E-state index contributed by atoms with van der Waals surface area (Å²) in [6.07, 6.45) is 0. The van der Waals surface area contributed by atoms with Crippen LogP contribution in [0.1, 0.15) is 13.1 Å². The standard InChI is InChI=1S/C8H6ClI3/c9-7-3-1-2-5(8(11)12)6(7)4-10/h1-3,8H,4H2. The van der Waals surface area contributed by atoms with Crippen molar-refractivity contribution in [2.24, 2.45) is 0 Å². The average Bonchev–Trinajstić information content (AvgIpc) is 2.03. The van der Waals surface area contributed by atoms with Gasteiger partial charge in [-0.25, -0.2) is 0 Å². The topological polar surface area (TPSA) is 0 Å². The highest BCUT2D eigenvalue weighted by molar-refractivity contribution is 14.2. The molecule has 12 heavy (non-hydrogen) atoms. The smallest absolute Gasteiger partial charge is 0.0840 e. The summed E-state index contributed by atoms with van der Waals surface area (Å²) in [6.45, 7) is 0. The first-order valence-electron chi connectivity index (χ1n) is 3.28. The van der Waals surface area contributed by atoms with Crippen LogP contribution >= 0.6 is 79.4 Å². The van der Waals surface area contributed by atoms with E-state index in [1.165, 1.54) is 11.1 Å². The van der Waals surface area contributed by atoms with E-state index < -0.39 is 0 Å². The van der Waals surface area contributed by atoms with Crippen LogP contribution in [0.2, 0.25) is 5.02 Å². The Balaban J connectivity index is 3.18. The highest BCUT2D eigenvalue weighted by atomic mass is 127. The molecule has 0 atom stereocenters. The Hall–Kier alpha value is 1.70. The average molecular weight is 518 g/mol. The molecular formula is C8H6ClI3. The zero-order chi connectivity index (χ0) is 9.14. The Kier molecular flexibility index (Phi) is 5.44. The monoisotopic (exact) mass is 518 g/mol. The van der Waals surface area contributed by atoms with E-state index in [0.29, 0.717) is 1.93 Å². The van der Waals surface area contributed by atoms with Crippen LogP contribution in [0.5, 0.6) is 0 Å². The second-order valence-corrected chi connectivity index (χ2v) is 8.29. The maximum atomic E-state index is 6.06. The van der Waals surface area contributed by atoms with Gasteiger partial charge in [-0.15, -0.1) is 0 Å². The Morgan fingerprint density at radius 1 is 1.33 bits per heavy atom. The van der Waals surface area contributed by atoms with Gasteiger partial charge in [0.2, 0.25) is 0 Å². The van der Waals surface area contributed by atoms with Gasteiger partial charge in [0.25, 0.3) is 0 Å². The minimum Gasteiger partial charge on any atom is -0.0840 e. The van der Waals surface area contributed by atoms with Crippen LogP contribution in [0.4, 0.5) is 0 Å². The fraction of sp³-hybridized carbons (Fsp3) is 0.250. The first-order valence-corrected chi connectivity index (χ1v) is 7.67. The SMILES string of the molecule is Clc1cccc(C(I)I)c1CI. The molecule has 0 radical (unpaired) electrons. The quantitative estimate of drug-likeness (QED) is 0.376. The summed E-state index contributed by atoms with van der Waals surface area (Å²) in [6, 6.07) is 6.11. The lowest BCUT2D eigenvalue weighted by molar-refractivity contribution is 1.33. The van der Waals surface area contributed by atoms with Crippen LogP contribution in [-0.4, -0.2) is 0 Å². The van der Waals surface area contributed by atoms with Gasteiger partial charge in [-0.3, -0.25) is 0 Å². The molecule has 4 heteroatoms. The lowest BCUT2D eigenvalue weighted by Crippen LogP contribution is -1.89. The number of hydrogen-bond donors (Lipinski definition) is 0. The highest BCUT2D eigenvalue weighted by Crippen LogP contribution is 2.36. The maximum absolute atomic E-state index is 6.06. The van der Waals surface area contributed by atoms with Gasteiger partial charge in [-0.05, 0) is 17.2 Å². The van der Waals surface area contributed by atoms with E-state index in [1.807, 2.05) is 12.1 Å². The number of halogens is 4. The van der Waals surface area contributed by atoms with Gasteiger partial charge in [-0.1, -0.05) is 91.5 Å². The fourth-order valence-corrected chi connectivity index (χ4v) is 3.41. The van der Waals surface area contributed by atoms with Crippen LogP contribution in [-0.2, 0) is 4.43 Å². The van der Waals surface area contributed by atoms with Gasteiger partial charge in [0.05, 0.1) is 1.93 Å². The molecule has 0 spiro atoms. The summed E-state index contributed by atoms with van der Waals surface area (Å²) in [5, 5.41) is 0.889. The van der Waals surface area contributed by atoms with E-state index >= 15 is 0 Å². The Morgan fingerprint density at radius 3 is 2.42 bits per heavy atom. The molecule has 0 aliphatic carbocycles. The van der Waals surface area contributed by atoms with Crippen molar-refractivity contribution in [3.63, 3.8) is 0 Å². The van der Waals surface area contributed by atoms with Gasteiger partial charge < -0.3 is 0 Å². The third-order valence-corrected chi connectivity index (χ3v) is 3.98. The summed E-state index contributed by atoms with van der Waals surface area (Å²) in [5.74, 6) is 0. The second kappa shape index (κ2) is 5.55. The molecule has 0 unspecified atom stereocenters. The first kappa shape index (κ1) is 11.8. The van der Waals surface area contributed by atoms with Crippen LogP contribution < -0.4 is 0 Å². The third kappa shape index (κ3) is 2.84. The fourth-order valence-electron chi connectivity index (χ4n) is 0.921. The van der Waals surface area contributed by atoms with Crippen molar-refractivity contribution in [1.29, 1.82) is 0 Å². The van der Waals surface area contributed by atoms with Crippen LogP contribution in [0, 0.1) is 0 Å². The van der Waals surface area contributed by atoms with Gasteiger partial charge in [-0.2, -0.15) is 0 Å². The van der Waals surface area contributed by atoms with E-state index in [1.54, 1.807) is 0 Å². The van der Waals surface area contributed by atoms with Gasteiger partial charge in [0, 0.05) is 9.45 Å². The lowest BCUT2D eigenvalue weighted by Gasteiger charge is -2.09. The van der Waals surface area contributed by atoms with Crippen molar-refractivity contribution >= 4 is 79.4 Å². The zero-order valence-electron chi connectivity index (χ0n) is 6.03. The summed E-state index contributed by atoms with van der Waals surface area (Å²) < 4.78 is 1.48. The summed E-state index contributed by atoms with van der Waals surface area (Å²) in [5.41, 5.74) is 2.62. The highest BCUT2D eigenvalue weighted by Gasteiger charge is 2.10. The van der Waals surface area contributed by atoms with E-state index in [-0.39, 0.29) is 0 Å². The van der Waals surface area contributed by atoms with E-state index in [4.69, 9.17) is 11.6 Å². The second-order valence-electron chi connectivity index (χ2n) is 2.24. The number of alkyl halides is 3. The molecule has 66 valence electrons. The van der Waals surface area contributed by atoms with Crippen molar-refractivity contribution in [2.45, 2.75) is 6.36 Å². The molecule has 0 aliphatic heterocycles. The normalized spacial score (nSPS) is 10.8. The number of rotatable bonds is 2. The largest absolute Gasteiger partial charge is 0.0878 e. The van der Waals surface area contributed by atoms with Crippen LogP contribution in [0.25, 0.3) is 0 Å². The Labute approximate surface area is 118 Å². The molecule has 1 rings (SSSR count). The molecule has 1 aromatic rings. The first-order chi connectivity index (χ1) is 5.66. The molecule has 1 aromatic carbocycles. The van der Waals surface area contributed by atoms with Crippen molar-refractivity contribution in [1.82, 2.24) is 0 Å². The summed E-state index contributed by atoms with van der Waals surface area (Å²) >= 11 is 13.2. The molecule has 0 heterocycles.